The molecular formula is C25H44N+. The Bertz CT molecular complexity index is 420. The van der Waals surface area contributed by atoms with Gasteiger partial charge in [0.25, 0.3) is 0 Å². The van der Waals surface area contributed by atoms with Crippen LogP contribution in [-0.2, 0) is 13.0 Å². The first kappa shape index (κ1) is 22.9. The monoisotopic (exact) mass is 358 g/mol. The Morgan fingerprint density at radius 3 is 1.65 bits per heavy atom. The van der Waals surface area contributed by atoms with Crippen LogP contribution in [0, 0.1) is 0 Å². The quantitative estimate of drug-likeness (QED) is 0.145. The Labute approximate surface area is 163 Å². The highest BCUT2D eigenvalue weighted by Crippen LogP contribution is 2.12. The number of hydrogen-bond donors (Lipinski definition) is 0. The molecule has 0 spiro atoms. The number of pyridine rings is 1. The number of nitrogens with zero attached hydrogens (tertiary/aromatic N) is 1. The SMILES string of the molecule is C=CCCc1cc[n+](CCCCCCCCCCCCCCCC)cc1. The fourth-order valence-electron chi connectivity index (χ4n) is 3.56. The van der Waals surface area contributed by atoms with Crippen LogP contribution in [0.4, 0.5) is 0 Å². The minimum absolute atomic E-state index is 1.07. The van der Waals surface area contributed by atoms with Crippen LogP contribution in [0.15, 0.2) is 37.2 Å². The number of allylic oxidation sites excluding steroid dienone is 1. The number of aromatic nitrogens is 1. The Balaban J connectivity index is 1.85. The van der Waals surface area contributed by atoms with Crippen LogP contribution >= 0.6 is 0 Å². The zero-order valence-corrected chi connectivity index (χ0v) is 17.6. The highest BCUT2D eigenvalue weighted by atomic mass is 14.9. The first-order valence-electron chi connectivity index (χ1n) is 11.5. The van der Waals surface area contributed by atoms with Gasteiger partial charge in [-0.05, 0) is 24.8 Å². The summed E-state index contributed by atoms with van der Waals surface area (Å²) in [6.45, 7) is 7.25. The minimum Gasteiger partial charge on any atom is -0.205 e. The number of aryl methyl sites for hydroxylation is 2. The molecule has 0 bridgehead atoms. The molecular weight excluding hydrogens is 314 g/mol. The van der Waals surface area contributed by atoms with Crippen LogP contribution in [0.25, 0.3) is 0 Å². The molecule has 0 aliphatic rings. The van der Waals surface area contributed by atoms with Gasteiger partial charge in [0.1, 0.15) is 6.54 Å². The van der Waals surface area contributed by atoms with E-state index in [0.717, 1.165) is 12.8 Å². The van der Waals surface area contributed by atoms with Gasteiger partial charge in [-0.15, -0.1) is 6.58 Å². The second-order valence-corrected chi connectivity index (χ2v) is 7.87. The van der Waals surface area contributed by atoms with Gasteiger partial charge in [0.2, 0.25) is 0 Å². The van der Waals surface area contributed by atoms with Crippen LogP contribution in [0.2, 0.25) is 0 Å². The van der Waals surface area contributed by atoms with E-state index in [-0.39, 0.29) is 0 Å². The molecule has 0 aliphatic carbocycles. The maximum Gasteiger partial charge on any atom is 0.169 e. The van der Waals surface area contributed by atoms with Gasteiger partial charge < -0.3 is 0 Å². The van der Waals surface area contributed by atoms with Gasteiger partial charge in [-0.25, -0.2) is 4.57 Å². The first-order chi connectivity index (χ1) is 12.9. The predicted molar refractivity (Wildman–Crippen MR) is 115 cm³/mol. The van der Waals surface area contributed by atoms with Crippen molar-refractivity contribution in [2.75, 3.05) is 0 Å². The lowest BCUT2D eigenvalue weighted by atomic mass is 10.0. The van der Waals surface area contributed by atoms with Gasteiger partial charge in [-0.2, -0.15) is 0 Å². The van der Waals surface area contributed by atoms with Crippen molar-refractivity contribution in [3.8, 4) is 0 Å². The van der Waals surface area contributed by atoms with Gasteiger partial charge in [0, 0.05) is 18.6 Å². The maximum atomic E-state index is 3.79. The Morgan fingerprint density at radius 1 is 0.731 bits per heavy atom. The zero-order chi connectivity index (χ0) is 18.7. The van der Waals surface area contributed by atoms with Crippen molar-refractivity contribution in [2.45, 2.75) is 116 Å². The fourth-order valence-corrected chi connectivity index (χ4v) is 3.56. The Morgan fingerprint density at radius 2 is 1.19 bits per heavy atom. The topological polar surface area (TPSA) is 3.88 Å². The third-order valence-corrected chi connectivity index (χ3v) is 5.37. The van der Waals surface area contributed by atoms with E-state index < -0.39 is 0 Å². The van der Waals surface area contributed by atoms with Gasteiger partial charge in [-0.1, -0.05) is 90.0 Å². The predicted octanol–water partition coefficient (Wildman–Crippen LogP) is 7.57. The van der Waals surface area contributed by atoms with E-state index in [9.17, 15) is 0 Å². The lowest BCUT2D eigenvalue weighted by Gasteiger charge is -2.03. The lowest BCUT2D eigenvalue weighted by Crippen LogP contribution is -2.32. The van der Waals surface area contributed by atoms with Gasteiger partial charge in [-0.3, -0.25) is 0 Å². The summed E-state index contributed by atoms with van der Waals surface area (Å²) in [7, 11) is 0. The molecule has 0 aliphatic heterocycles. The van der Waals surface area contributed by atoms with Crippen molar-refractivity contribution < 1.29 is 4.57 Å². The second-order valence-electron chi connectivity index (χ2n) is 7.87. The van der Waals surface area contributed by atoms with Crippen LogP contribution < -0.4 is 4.57 Å². The average molecular weight is 359 g/mol. The summed E-state index contributed by atoms with van der Waals surface area (Å²) in [5.41, 5.74) is 1.42. The summed E-state index contributed by atoms with van der Waals surface area (Å²) in [5.74, 6) is 0. The molecule has 0 amide bonds. The van der Waals surface area contributed by atoms with Crippen molar-refractivity contribution in [3.05, 3.63) is 42.7 Å². The van der Waals surface area contributed by atoms with Crippen molar-refractivity contribution in [2.24, 2.45) is 0 Å². The molecule has 1 aromatic rings. The summed E-state index contributed by atoms with van der Waals surface area (Å²) in [6.07, 6.45) is 28.7. The number of unbranched alkanes of at least 4 members (excludes halogenated alkanes) is 13. The first-order valence-corrected chi connectivity index (χ1v) is 11.5. The van der Waals surface area contributed by atoms with Crippen molar-refractivity contribution in [1.82, 2.24) is 0 Å². The molecule has 1 heterocycles. The highest BCUT2D eigenvalue weighted by molar-refractivity contribution is 5.07. The molecule has 1 aromatic heterocycles. The van der Waals surface area contributed by atoms with E-state index in [1.165, 1.54) is 102 Å². The molecule has 0 radical (unpaired) electrons. The molecule has 148 valence electrons. The summed E-state index contributed by atoms with van der Waals surface area (Å²) in [6, 6.07) is 4.51. The van der Waals surface area contributed by atoms with Gasteiger partial charge in [0.05, 0.1) is 0 Å². The molecule has 0 N–H and O–H groups in total. The maximum absolute atomic E-state index is 3.79. The molecule has 0 saturated heterocycles. The fraction of sp³-hybridized carbons (Fsp3) is 0.720. The summed E-state index contributed by atoms with van der Waals surface area (Å²) >= 11 is 0. The van der Waals surface area contributed by atoms with Crippen LogP contribution in [0.3, 0.4) is 0 Å². The van der Waals surface area contributed by atoms with Crippen molar-refractivity contribution >= 4 is 0 Å². The Hall–Kier alpha value is -1.11. The molecule has 0 fully saturated rings. The van der Waals surface area contributed by atoms with E-state index in [1.807, 2.05) is 6.08 Å². The third kappa shape index (κ3) is 13.1. The largest absolute Gasteiger partial charge is 0.205 e. The van der Waals surface area contributed by atoms with Gasteiger partial charge >= 0.3 is 0 Å². The minimum atomic E-state index is 1.07. The van der Waals surface area contributed by atoms with Crippen LogP contribution in [-0.4, -0.2) is 0 Å². The van der Waals surface area contributed by atoms with Gasteiger partial charge in [0.15, 0.2) is 12.4 Å². The standard InChI is InChI=1S/C25H44N/c1-3-5-7-8-9-10-11-12-13-14-15-16-17-18-22-26-23-20-25(21-24-26)19-6-4-2/h4,20-21,23-24H,2-3,5-19,22H2,1H3/q+1. The van der Waals surface area contributed by atoms with E-state index in [1.54, 1.807) is 0 Å². The van der Waals surface area contributed by atoms with Crippen LogP contribution in [0.1, 0.15) is 109 Å². The summed E-state index contributed by atoms with van der Waals surface area (Å²) < 4.78 is 2.33. The van der Waals surface area contributed by atoms with Crippen LogP contribution in [0.5, 0.6) is 0 Å². The molecule has 0 aromatic carbocycles. The molecule has 26 heavy (non-hydrogen) atoms. The molecule has 0 saturated carbocycles. The summed E-state index contributed by atoms with van der Waals surface area (Å²) in [4.78, 5) is 0. The van der Waals surface area contributed by atoms with E-state index in [2.05, 4.69) is 42.6 Å². The third-order valence-electron chi connectivity index (χ3n) is 5.37. The average Bonchev–Trinajstić information content (AvgIpc) is 2.67. The molecule has 0 unspecified atom stereocenters. The Kier molecular flexibility index (Phi) is 15.3. The van der Waals surface area contributed by atoms with E-state index in [0.29, 0.717) is 0 Å². The van der Waals surface area contributed by atoms with Crippen molar-refractivity contribution in [3.63, 3.8) is 0 Å². The lowest BCUT2D eigenvalue weighted by molar-refractivity contribution is -0.697. The van der Waals surface area contributed by atoms with E-state index >= 15 is 0 Å². The molecule has 0 atom stereocenters. The zero-order valence-electron chi connectivity index (χ0n) is 17.6. The van der Waals surface area contributed by atoms with Crippen molar-refractivity contribution in [1.29, 1.82) is 0 Å². The number of hydrogen-bond acceptors (Lipinski definition) is 0. The van der Waals surface area contributed by atoms with E-state index in [4.69, 9.17) is 0 Å². The molecule has 1 heteroatoms. The molecule has 1 rings (SSSR count). The molecule has 1 nitrogen and oxygen atoms in total. The highest BCUT2D eigenvalue weighted by Gasteiger charge is 2.01. The second kappa shape index (κ2) is 17.3. The smallest absolute Gasteiger partial charge is 0.169 e. The summed E-state index contributed by atoms with van der Waals surface area (Å²) in [5, 5.41) is 0. The number of rotatable bonds is 18. The normalized spacial score (nSPS) is 11.0.